The lowest BCUT2D eigenvalue weighted by atomic mass is 10.2. The Balaban J connectivity index is 3.72. The van der Waals surface area contributed by atoms with Crippen LogP contribution in [0.15, 0.2) is 0 Å². The fourth-order valence-electron chi connectivity index (χ4n) is 0.504. The Morgan fingerprint density at radius 1 is 1.91 bits per heavy atom. The van der Waals surface area contributed by atoms with E-state index in [1.165, 1.54) is 18.0 Å². The average Bonchev–Trinajstić information content (AvgIpc) is 1.98. The van der Waals surface area contributed by atoms with Gasteiger partial charge in [0.1, 0.15) is 6.04 Å². The number of hydrogen-bond donors (Lipinski definition) is 3. The summed E-state index contributed by atoms with van der Waals surface area (Å²) in [5.41, 5.74) is 5.31. The van der Waals surface area contributed by atoms with Crippen LogP contribution in [0.1, 0.15) is 6.92 Å². The molecule has 0 rings (SSSR count). The lowest BCUT2D eigenvalue weighted by Gasteiger charge is -2.13. The van der Waals surface area contributed by atoms with Crippen molar-refractivity contribution in [3.63, 3.8) is 0 Å². The second-order valence-corrected chi connectivity index (χ2v) is 3.52. The highest BCUT2D eigenvalue weighted by atomic mass is 32.2. The summed E-state index contributed by atoms with van der Waals surface area (Å²) in [7, 11) is 0. The van der Waals surface area contributed by atoms with Crippen LogP contribution in [0.5, 0.6) is 0 Å². The molecule has 4 nitrogen and oxygen atoms in total. The molecule has 0 radical (unpaired) electrons. The Morgan fingerprint density at radius 2 is 2.45 bits per heavy atom. The van der Waals surface area contributed by atoms with Gasteiger partial charge in [-0.05, 0) is 0 Å². The summed E-state index contributed by atoms with van der Waals surface area (Å²) in [6.07, 6.45) is 1.23. The molecule has 2 atom stereocenters. The molecule has 0 aromatic rings. The monoisotopic (exact) mass is 176 g/mol. The first kappa shape index (κ1) is 10.4. The second-order valence-electron chi connectivity index (χ2n) is 2.11. The van der Waals surface area contributed by atoms with Gasteiger partial charge in [0.15, 0.2) is 0 Å². The van der Waals surface area contributed by atoms with E-state index in [1.807, 2.05) is 0 Å². The molecule has 0 bridgehead atoms. The van der Waals surface area contributed by atoms with Gasteiger partial charge in [-0.1, -0.05) is 6.92 Å². The van der Waals surface area contributed by atoms with E-state index >= 15 is 0 Å². The molecule has 0 heterocycles. The fourth-order valence-corrected chi connectivity index (χ4v) is 1.23. The van der Waals surface area contributed by atoms with E-state index in [2.05, 4.69) is 0 Å². The van der Waals surface area contributed by atoms with Gasteiger partial charge in [-0.15, -0.1) is 0 Å². The smallest absolute Gasteiger partial charge is 0.321 e. The SMILES string of the molecule is C[C@H](SCC=N)[C@@H](N)C(=O)O. The zero-order valence-electron chi connectivity index (χ0n) is 6.28. The minimum absolute atomic E-state index is 0.144. The number of nitrogens with two attached hydrogens (primary N) is 1. The fraction of sp³-hybridized carbons (Fsp3) is 0.667. The van der Waals surface area contributed by atoms with Crippen molar-refractivity contribution in [2.24, 2.45) is 5.73 Å². The highest BCUT2D eigenvalue weighted by Crippen LogP contribution is 2.11. The number of nitrogens with one attached hydrogen (secondary N) is 1. The summed E-state index contributed by atoms with van der Waals surface area (Å²) in [5, 5.41) is 15.0. The zero-order valence-corrected chi connectivity index (χ0v) is 7.10. The summed E-state index contributed by atoms with van der Waals surface area (Å²) >= 11 is 1.36. The minimum Gasteiger partial charge on any atom is -0.480 e. The third-order valence-electron chi connectivity index (χ3n) is 1.23. The van der Waals surface area contributed by atoms with Crippen LogP contribution in [0.3, 0.4) is 0 Å². The second kappa shape index (κ2) is 5.15. The topological polar surface area (TPSA) is 87.2 Å². The molecule has 0 aromatic carbocycles. The van der Waals surface area contributed by atoms with Gasteiger partial charge in [-0.25, -0.2) is 0 Å². The van der Waals surface area contributed by atoms with E-state index in [1.54, 1.807) is 6.92 Å². The number of thioether (sulfide) groups is 1. The Hall–Kier alpha value is -0.550. The van der Waals surface area contributed by atoms with E-state index < -0.39 is 12.0 Å². The molecule has 5 heteroatoms. The maximum atomic E-state index is 10.3. The van der Waals surface area contributed by atoms with Crippen molar-refractivity contribution < 1.29 is 9.90 Å². The van der Waals surface area contributed by atoms with Gasteiger partial charge in [-0.3, -0.25) is 4.79 Å². The van der Waals surface area contributed by atoms with E-state index in [9.17, 15) is 4.79 Å². The van der Waals surface area contributed by atoms with E-state index in [-0.39, 0.29) is 5.25 Å². The predicted octanol–water partition coefficient (Wildman–Crippen LogP) is 0.170. The highest BCUT2D eigenvalue weighted by Gasteiger charge is 2.19. The molecule has 4 N–H and O–H groups in total. The van der Waals surface area contributed by atoms with Gasteiger partial charge < -0.3 is 16.2 Å². The first-order valence-electron chi connectivity index (χ1n) is 3.18. The van der Waals surface area contributed by atoms with Crippen molar-refractivity contribution >= 4 is 23.9 Å². The molecule has 0 aliphatic heterocycles. The zero-order chi connectivity index (χ0) is 8.85. The molecule has 0 aromatic heterocycles. The lowest BCUT2D eigenvalue weighted by Crippen LogP contribution is -2.38. The highest BCUT2D eigenvalue weighted by molar-refractivity contribution is 8.00. The molecule has 0 spiro atoms. The van der Waals surface area contributed by atoms with Gasteiger partial charge in [0.05, 0.1) is 0 Å². The van der Waals surface area contributed by atoms with E-state index in [0.29, 0.717) is 5.75 Å². The van der Waals surface area contributed by atoms with Crippen molar-refractivity contribution in [2.45, 2.75) is 18.2 Å². The third-order valence-corrected chi connectivity index (χ3v) is 2.41. The molecule has 0 amide bonds. The number of hydrogen-bond acceptors (Lipinski definition) is 4. The van der Waals surface area contributed by atoms with Crippen LogP contribution < -0.4 is 5.73 Å². The Labute approximate surface area is 69.7 Å². The molecule has 64 valence electrons. The Morgan fingerprint density at radius 3 is 2.82 bits per heavy atom. The number of carboxylic acid groups (broad SMARTS) is 1. The van der Waals surface area contributed by atoms with Crippen LogP contribution in [0.25, 0.3) is 0 Å². The summed E-state index contributed by atoms with van der Waals surface area (Å²) in [6, 6.07) is -0.833. The first-order valence-corrected chi connectivity index (χ1v) is 4.23. The molecule has 0 saturated carbocycles. The van der Waals surface area contributed by atoms with Gasteiger partial charge >= 0.3 is 5.97 Å². The average molecular weight is 176 g/mol. The molecule has 0 aliphatic carbocycles. The van der Waals surface area contributed by atoms with Crippen LogP contribution in [-0.4, -0.2) is 34.3 Å². The van der Waals surface area contributed by atoms with E-state index in [0.717, 1.165) is 0 Å². The Kier molecular flexibility index (Phi) is 4.89. The van der Waals surface area contributed by atoms with Crippen LogP contribution in [0, 0.1) is 5.41 Å². The van der Waals surface area contributed by atoms with Crippen molar-refractivity contribution in [3.8, 4) is 0 Å². The molecule has 0 unspecified atom stereocenters. The molecule has 11 heavy (non-hydrogen) atoms. The van der Waals surface area contributed by atoms with Gasteiger partial charge in [0.2, 0.25) is 0 Å². The van der Waals surface area contributed by atoms with Crippen LogP contribution in [0.2, 0.25) is 0 Å². The number of rotatable bonds is 5. The maximum Gasteiger partial charge on any atom is 0.321 e. The quantitative estimate of drug-likeness (QED) is 0.521. The van der Waals surface area contributed by atoms with Gasteiger partial charge in [0, 0.05) is 17.2 Å². The van der Waals surface area contributed by atoms with Crippen LogP contribution in [-0.2, 0) is 4.79 Å². The summed E-state index contributed by atoms with van der Waals surface area (Å²) in [4.78, 5) is 10.3. The maximum absolute atomic E-state index is 10.3. The largest absolute Gasteiger partial charge is 0.480 e. The van der Waals surface area contributed by atoms with Crippen LogP contribution in [0.4, 0.5) is 0 Å². The summed E-state index contributed by atoms with van der Waals surface area (Å²) < 4.78 is 0. The van der Waals surface area contributed by atoms with Crippen molar-refractivity contribution in [1.29, 1.82) is 5.41 Å². The Bertz CT molecular complexity index is 152. The number of aliphatic carboxylic acids is 1. The van der Waals surface area contributed by atoms with Crippen LogP contribution >= 0.6 is 11.8 Å². The van der Waals surface area contributed by atoms with E-state index in [4.69, 9.17) is 16.2 Å². The first-order chi connectivity index (χ1) is 5.09. The van der Waals surface area contributed by atoms with Crippen molar-refractivity contribution in [3.05, 3.63) is 0 Å². The predicted molar refractivity (Wildman–Crippen MR) is 46.3 cm³/mol. The molecular weight excluding hydrogens is 164 g/mol. The van der Waals surface area contributed by atoms with Crippen molar-refractivity contribution in [2.75, 3.05) is 5.75 Å². The summed E-state index contributed by atoms with van der Waals surface area (Å²) in [6.45, 7) is 1.74. The molecular formula is C6H12N2O2S. The number of carbonyl (C=O) groups is 1. The lowest BCUT2D eigenvalue weighted by molar-refractivity contribution is -0.138. The number of carboxylic acids is 1. The molecule has 0 fully saturated rings. The minimum atomic E-state index is -0.991. The normalized spacial score (nSPS) is 15.5. The molecule has 0 aliphatic rings. The molecule has 0 saturated heterocycles. The third kappa shape index (κ3) is 4.00. The standard InChI is InChI=1S/C6H12N2O2S/c1-4(11-3-2-7)5(8)6(9)10/h2,4-5,7H,3,8H2,1H3,(H,9,10)/t4-,5+/m0/s1. The van der Waals surface area contributed by atoms with Gasteiger partial charge in [-0.2, -0.15) is 11.8 Å². The van der Waals surface area contributed by atoms with Gasteiger partial charge in [0.25, 0.3) is 0 Å². The summed E-state index contributed by atoms with van der Waals surface area (Å²) in [5.74, 6) is -0.475. The van der Waals surface area contributed by atoms with Crippen molar-refractivity contribution in [1.82, 2.24) is 0 Å².